The molecule has 0 unspecified atom stereocenters. The van der Waals surface area contributed by atoms with Crippen LogP contribution in [0.5, 0.6) is 0 Å². The van der Waals surface area contributed by atoms with Crippen molar-refractivity contribution in [1.82, 2.24) is 9.80 Å². The van der Waals surface area contributed by atoms with Gasteiger partial charge in [0, 0.05) is 64.1 Å². The Bertz CT molecular complexity index is 1400. The SMILES string of the molecule is CC1(C)CC(=O)N(C[C@@H](CC(=O)C[C@H]2COCCCCCCC[C@@H](C(=O)C(=O)CC3CC3)CC(=O)[C@@H]3[C@@H]4[C@H](CN3C2=O)C4(C)C)C(C)(C)C)C(=O)C1. The first-order chi connectivity index (χ1) is 24.3. The normalized spacial score (nSPS) is 30.8. The fourth-order valence-electron chi connectivity index (χ4n) is 9.20. The van der Waals surface area contributed by atoms with Crippen molar-refractivity contribution in [2.45, 2.75) is 144 Å². The van der Waals surface area contributed by atoms with Crippen LogP contribution < -0.4 is 0 Å². The molecule has 0 aromatic rings. The Balaban J connectivity index is 1.33. The summed E-state index contributed by atoms with van der Waals surface area (Å²) >= 11 is 0. The van der Waals surface area contributed by atoms with E-state index in [0.29, 0.717) is 19.6 Å². The third-order valence-corrected chi connectivity index (χ3v) is 13.0. The zero-order valence-electron chi connectivity index (χ0n) is 32.9. The van der Waals surface area contributed by atoms with Crippen molar-refractivity contribution < 1.29 is 38.3 Å². The van der Waals surface area contributed by atoms with Crippen LogP contribution in [0, 0.1) is 51.8 Å². The van der Waals surface area contributed by atoms with E-state index in [1.807, 2.05) is 34.6 Å². The minimum absolute atomic E-state index is 0.0344. The Morgan fingerprint density at radius 1 is 0.865 bits per heavy atom. The monoisotopic (exact) mass is 724 g/mol. The van der Waals surface area contributed by atoms with Gasteiger partial charge in [-0.3, -0.25) is 38.5 Å². The molecule has 10 heteroatoms. The fraction of sp³-hybridized carbons (Fsp3) is 0.833. The number of likely N-dealkylation sites (tertiary alicyclic amines) is 1. The van der Waals surface area contributed by atoms with Gasteiger partial charge in [-0.25, -0.2) is 0 Å². The molecule has 6 atom stereocenters. The van der Waals surface area contributed by atoms with E-state index in [0.717, 1.165) is 44.9 Å². The van der Waals surface area contributed by atoms with Gasteiger partial charge in [-0.05, 0) is 65.6 Å². The van der Waals surface area contributed by atoms with E-state index in [9.17, 15) is 33.6 Å². The summed E-state index contributed by atoms with van der Waals surface area (Å²) in [5.74, 6) is -3.14. The molecule has 0 N–H and O–H groups in total. The number of nitrogens with zero attached hydrogens (tertiary/aromatic N) is 2. The van der Waals surface area contributed by atoms with Gasteiger partial charge in [0.05, 0.1) is 18.6 Å². The van der Waals surface area contributed by atoms with Crippen molar-refractivity contribution in [3.8, 4) is 0 Å². The summed E-state index contributed by atoms with van der Waals surface area (Å²) in [6, 6.07) is -0.699. The van der Waals surface area contributed by atoms with Crippen LogP contribution in [0.15, 0.2) is 0 Å². The molecule has 0 bridgehead atoms. The minimum Gasteiger partial charge on any atom is -0.381 e. The van der Waals surface area contributed by atoms with Crippen molar-refractivity contribution in [1.29, 1.82) is 0 Å². The van der Waals surface area contributed by atoms with E-state index in [2.05, 4.69) is 13.8 Å². The van der Waals surface area contributed by atoms with E-state index < -0.39 is 34.5 Å². The molecule has 2 saturated carbocycles. The summed E-state index contributed by atoms with van der Waals surface area (Å²) in [7, 11) is 0. The molecule has 5 fully saturated rings. The lowest BCUT2D eigenvalue weighted by Crippen LogP contribution is -2.50. The molecule has 0 spiro atoms. The second-order valence-corrected chi connectivity index (χ2v) is 19.4. The number of ketones is 4. The van der Waals surface area contributed by atoms with Crippen molar-refractivity contribution in [3.63, 3.8) is 0 Å². The van der Waals surface area contributed by atoms with E-state index in [4.69, 9.17) is 4.74 Å². The summed E-state index contributed by atoms with van der Waals surface area (Å²) < 4.78 is 6.06. The second-order valence-electron chi connectivity index (χ2n) is 19.4. The first-order valence-corrected chi connectivity index (χ1v) is 20.1. The number of piperidine rings is 2. The molecule has 5 aliphatic rings. The van der Waals surface area contributed by atoms with Gasteiger partial charge in [0.15, 0.2) is 11.6 Å². The van der Waals surface area contributed by atoms with E-state index in [1.165, 1.54) is 4.90 Å². The summed E-state index contributed by atoms with van der Waals surface area (Å²) in [6.45, 7) is 15.2. The van der Waals surface area contributed by atoms with Gasteiger partial charge >= 0.3 is 0 Å². The van der Waals surface area contributed by atoms with Crippen LogP contribution in [0.4, 0.5) is 0 Å². The predicted octanol–water partition coefficient (Wildman–Crippen LogP) is 6.16. The minimum atomic E-state index is -0.784. The van der Waals surface area contributed by atoms with Gasteiger partial charge < -0.3 is 9.64 Å². The average molecular weight is 725 g/mol. The molecule has 3 amide bonds. The predicted molar refractivity (Wildman–Crippen MR) is 196 cm³/mol. The number of ether oxygens (including phenoxy) is 1. The Morgan fingerprint density at radius 3 is 2.13 bits per heavy atom. The fourth-order valence-corrected chi connectivity index (χ4v) is 9.20. The number of Topliss-reactive ketones (excluding diaryl/α,β-unsaturated/α-hetero) is 4. The van der Waals surface area contributed by atoms with Gasteiger partial charge in [-0.15, -0.1) is 0 Å². The van der Waals surface area contributed by atoms with Crippen molar-refractivity contribution in [2.75, 3.05) is 26.3 Å². The van der Waals surface area contributed by atoms with Crippen molar-refractivity contribution in [2.24, 2.45) is 51.8 Å². The molecule has 0 aromatic carbocycles. The number of hydrogen-bond acceptors (Lipinski definition) is 8. The average Bonchev–Trinajstić information content (AvgIpc) is 3.89. The number of imide groups is 1. The van der Waals surface area contributed by atoms with Crippen LogP contribution in [0.2, 0.25) is 0 Å². The highest BCUT2D eigenvalue weighted by Crippen LogP contribution is 2.65. The molecule has 10 nitrogen and oxygen atoms in total. The molecule has 3 aliphatic heterocycles. The smallest absolute Gasteiger partial charge is 0.229 e. The maximum atomic E-state index is 14.5. The lowest BCUT2D eigenvalue weighted by Gasteiger charge is -2.39. The maximum Gasteiger partial charge on any atom is 0.229 e. The highest BCUT2D eigenvalue weighted by Gasteiger charge is 2.69. The summed E-state index contributed by atoms with van der Waals surface area (Å²) in [5, 5.41) is 0. The lowest BCUT2D eigenvalue weighted by molar-refractivity contribution is -0.154. The molecule has 0 aromatic heterocycles. The number of carbonyl (C=O) groups is 7. The summed E-state index contributed by atoms with van der Waals surface area (Å²) in [4.78, 5) is 98.2. The number of amides is 3. The van der Waals surface area contributed by atoms with E-state index >= 15 is 0 Å². The number of carbonyl (C=O) groups excluding carboxylic acids is 7. The molecule has 5 rings (SSSR count). The second kappa shape index (κ2) is 15.9. The summed E-state index contributed by atoms with van der Waals surface area (Å²) in [5.41, 5.74) is -0.909. The topological polar surface area (TPSA) is 135 Å². The van der Waals surface area contributed by atoms with E-state index in [-0.39, 0.29) is 116 Å². The van der Waals surface area contributed by atoms with Gasteiger partial charge in [-0.1, -0.05) is 74.1 Å². The number of rotatable bonds is 10. The first-order valence-electron chi connectivity index (χ1n) is 20.1. The van der Waals surface area contributed by atoms with Crippen LogP contribution in [-0.4, -0.2) is 83.0 Å². The first kappa shape index (κ1) is 40.4. The van der Waals surface area contributed by atoms with Crippen molar-refractivity contribution >= 4 is 40.9 Å². The molecule has 290 valence electrons. The lowest BCUT2D eigenvalue weighted by atomic mass is 9.75. The number of fused-ring (bicyclic) bond motifs is 3. The zero-order valence-corrected chi connectivity index (χ0v) is 32.9. The molecule has 2 aliphatic carbocycles. The highest BCUT2D eigenvalue weighted by atomic mass is 16.5. The molecule has 52 heavy (non-hydrogen) atoms. The quantitative estimate of drug-likeness (QED) is 0.193. The van der Waals surface area contributed by atoms with Gasteiger partial charge in [0.25, 0.3) is 0 Å². The Hall–Kier alpha value is -2.75. The largest absolute Gasteiger partial charge is 0.381 e. The van der Waals surface area contributed by atoms with Gasteiger partial charge in [0.1, 0.15) is 5.78 Å². The molecule has 3 heterocycles. The van der Waals surface area contributed by atoms with Gasteiger partial charge in [-0.2, -0.15) is 0 Å². The maximum absolute atomic E-state index is 14.5. The molecular formula is C42H64N2O8. The Morgan fingerprint density at radius 2 is 1.50 bits per heavy atom. The standard InChI is InChI=1S/C42H64N2O8/c1-40(2,3)29(23-43-34(48)21-41(4,5)22-35(43)49)20-30(45)18-28-25-52-16-12-10-8-9-11-13-27(38(50)33(47)17-26-14-15-26)19-32(46)37-36-31(42(36,6)7)24-44(37)39(28)51/h26-29,31,36-37H,8-25H2,1-7H3/t27-,28+,29-,31+,36+,37-/m1/s1. The van der Waals surface area contributed by atoms with Crippen LogP contribution in [-0.2, 0) is 38.3 Å². The van der Waals surface area contributed by atoms with Crippen LogP contribution in [0.1, 0.15) is 138 Å². The summed E-state index contributed by atoms with van der Waals surface area (Å²) in [6.07, 6.45) is 7.60. The van der Waals surface area contributed by atoms with Crippen LogP contribution >= 0.6 is 0 Å². The molecular weight excluding hydrogens is 660 g/mol. The number of hydrogen-bond donors (Lipinski definition) is 0. The Labute approximate surface area is 310 Å². The van der Waals surface area contributed by atoms with Gasteiger partial charge in [0.2, 0.25) is 23.5 Å². The zero-order chi connectivity index (χ0) is 38.2. The molecule has 3 saturated heterocycles. The van der Waals surface area contributed by atoms with Crippen LogP contribution in [0.3, 0.4) is 0 Å². The highest BCUT2D eigenvalue weighted by molar-refractivity contribution is 6.38. The Kier molecular flexibility index (Phi) is 12.4. The molecule has 0 radical (unpaired) electrons. The third kappa shape index (κ3) is 9.67. The van der Waals surface area contributed by atoms with E-state index in [1.54, 1.807) is 4.90 Å². The third-order valence-electron chi connectivity index (χ3n) is 13.0. The van der Waals surface area contributed by atoms with Crippen molar-refractivity contribution in [3.05, 3.63) is 0 Å². The van der Waals surface area contributed by atoms with Crippen LogP contribution in [0.25, 0.3) is 0 Å².